The van der Waals surface area contributed by atoms with Gasteiger partial charge in [-0.05, 0) is 24.8 Å². The van der Waals surface area contributed by atoms with E-state index >= 15 is 0 Å². The zero-order valence-electron chi connectivity index (χ0n) is 11.6. The van der Waals surface area contributed by atoms with E-state index in [-0.39, 0.29) is 5.75 Å². The molecule has 2 aromatic heterocycles. The van der Waals surface area contributed by atoms with E-state index in [0.717, 1.165) is 29.2 Å². The van der Waals surface area contributed by atoms with Crippen molar-refractivity contribution in [3.8, 4) is 0 Å². The zero-order chi connectivity index (χ0) is 15.0. The van der Waals surface area contributed by atoms with E-state index in [4.69, 9.17) is 16.7 Å². The van der Waals surface area contributed by atoms with Crippen LogP contribution in [0.2, 0.25) is 5.02 Å². The van der Waals surface area contributed by atoms with Gasteiger partial charge in [0, 0.05) is 12.2 Å². The smallest absolute Gasteiger partial charge is 0.313 e. The molecule has 0 saturated heterocycles. The summed E-state index contributed by atoms with van der Waals surface area (Å²) in [6.07, 6.45) is 5.07. The molecule has 1 aliphatic rings. The Morgan fingerprint density at radius 3 is 3.14 bits per heavy atom. The van der Waals surface area contributed by atoms with Crippen molar-refractivity contribution in [3.63, 3.8) is 0 Å². The van der Waals surface area contributed by atoms with Crippen LogP contribution < -0.4 is 0 Å². The third kappa shape index (κ3) is 3.01. The van der Waals surface area contributed by atoms with Crippen molar-refractivity contribution in [2.75, 3.05) is 5.75 Å². The van der Waals surface area contributed by atoms with Crippen LogP contribution in [-0.2, 0) is 4.79 Å². The zero-order valence-corrected chi connectivity index (χ0v) is 13.2. The minimum Gasteiger partial charge on any atom is -0.481 e. The van der Waals surface area contributed by atoms with Gasteiger partial charge in [0.15, 0.2) is 10.8 Å². The highest BCUT2D eigenvalue weighted by molar-refractivity contribution is 7.99. The second kappa shape index (κ2) is 5.85. The van der Waals surface area contributed by atoms with E-state index in [1.165, 1.54) is 18.2 Å². The number of carbonyl (C=O) groups is 1. The molecule has 0 radical (unpaired) electrons. The summed E-state index contributed by atoms with van der Waals surface area (Å²) < 4.78 is 2.10. The molecule has 0 spiro atoms. The molecule has 2 unspecified atom stereocenters. The Balaban J connectivity index is 1.97. The molecule has 1 N–H and O–H groups in total. The van der Waals surface area contributed by atoms with Crippen LogP contribution in [0, 0.1) is 5.92 Å². The molecule has 0 aliphatic heterocycles. The Morgan fingerprint density at radius 1 is 1.62 bits per heavy atom. The highest BCUT2D eigenvalue weighted by Gasteiger charge is 2.40. The van der Waals surface area contributed by atoms with Gasteiger partial charge in [0.2, 0.25) is 0 Å². The Hall–Kier alpha value is -1.27. The first kappa shape index (κ1) is 14.7. The summed E-state index contributed by atoms with van der Waals surface area (Å²) in [5, 5.41) is 10.2. The predicted octanol–water partition coefficient (Wildman–Crippen LogP) is 3.62. The standard InChI is InChI=1S/C14H16ClN3O2S/c1-2-3-8-4-11(8)18-13-10(5-9(15)6-16-13)17-14(18)21-7-12(19)20/h5-6,8,11H,2-4,7H2,1H3,(H,19,20). The summed E-state index contributed by atoms with van der Waals surface area (Å²) in [6.45, 7) is 2.18. The monoisotopic (exact) mass is 325 g/mol. The summed E-state index contributed by atoms with van der Waals surface area (Å²) in [5.41, 5.74) is 1.54. The number of thioether (sulfide) groups is 1. The number of carboxylic acids is 1. The molecule has 3 rings (SSSR count). The van der Waals surface area contributed by atoms with Crippen molar-refractivity contribution in [1.29, 1.82) is 0 Å². The van der Waals surface area contributed by atoms with Crippen LogP contribution in [-0.4, -0.2) is 31.4 Å². The van der Waals surface area contributed by atoms with Crippen molar-refractivity contribution >= 4 is 40.5 Å². The number of hydrogen-bond acceptors (Lipinski definition) is 4. The van der Waals surface area contributed by atoms with E-state index in [1.807, 2.05) is 0 Å². The Bertz CT molecular complexity index is 688. The fourth-order valence-electron chi connectivity index (χ4n) is 2.69. The third-order valence-corrected chi connectivity index (χ3v) is 4.81. The number of aliphatic carboxylic acids is 1. The first-order valence-electron chi connectivity index (χ1n) is 6.98. The molecular formula is C14H16ClN3O2S. The van der Waals surface area contributed by atoms with Crippen molar-refractivity contribution in [1.82, 2.24) is 14.5 Å². The summed E-state index contributed by atoms with van der Waals surface area (Å²) in [4.78, 5) is 19.7. The van der Waals surface area contributed by atoms with E-state index in [1.54, 1.807) is 12.3 Å². The lowest BCUT2D eigenvalue weighted by molar-refractivity contribution is -0.133. The average Bonchev–Trinajstić information content (AvgIpc) is 3.08. The van der Waals surface area contributed by atoms with Crippen LogP contribution in [0.4, 0.5) is 0 Å². The summed E-state index contributed by atoms with van der Waals surface area (Å²) in [7, 11) is 0. The first-order chi connectivity index (χ1) is 10.1. The Kier molecular flexibility index (Phi) is 4.08. The predicted molar refractivity (Wildman–Crippen MR) is 82.9 cm³/mol. The molecule has 0 bridgehead atoms. The van der Waals surface area contributed by atoms with Gasteiger partial charge in [-0.1, -0.05) is 36.7 Å². The topological polar surface area (TPSA) is 68.0 Å². The minimum atomic E-state index is -0.842. The van der Waals surface area contributed by atoms with Gasteiger partial charge < -0.3 is 9.67 Å². The van der Waals surface area contributed by atoms with Gasteiger partial charge in [-0.2, -0.15) is 0 Å². The molecule has 5 nitrogen and oxygen atoms in total. The van der Waals surface area contributed by atoms with Gasteiger partial charge >= 0.3 is 5.97 Å². The lowest BCUT2D eigenvalue weighted by atomic mass is 10.2. The van der Waals surface area contributed by atoms with Crippen molar-refractivity contribution in [3.05, 3.63) is 17.3 Å². The molecule has 1 fully saturated rings. The maximum atomic E-state index is 10.8. The van der Waals surface area contributed by atoms with Crippen molar-refractivity contribution in [2.45, 2.75) is 37.4 Å². The van der Waals surface area contributed by atoms with E-state index in [0.29, 0.717) is 17.0 Å². The summed E-state index contributed by atoms with van der Waals surface area (Å²) >= 11 is 7.21. The highest BCUT2D eigenvalue weighted by Crippen LogP contribution is 2.49. The van der Waals surface area contributed by atoms with Crippen molar-refractivity contribution in [2.24, 2.45) is 5.92 Å². The number of halogens is 1. The van der Waals surface area contributed by atoms with Crippen LogP contribution >= 0.6 is 23.4 Å². The van der Waals surface area contributed by atoms with Crippen LogP contribution in [0.1, 0.15) is 32.2 Å². The van der Waals surface area contributed by atoms with Crippen LogP contribution in [0.15, 0.2) is 17.4 Å². The Morgan fingerprint density at radius 2 is 2.43 bits per heavy atom. The van der Waals surface area contributed by atoms with Crippen LogP contribution in [0.5, 0.6) is 0 Å². The van der Waals surface area contributed by atoms with E-state index in [9.17, 15) is 4.79 Å². The molecule has 7 heteroatoms. The molecular weight excluding hydrogens is 310 g/mol. The summed E-state index contributed by atoms with van der Waals surface area (Å²) in [6, 6.07) is 2.17. The maximum Gasteiger partial charge on any atom is 0.313 e. The highest BCUT2D eigenvalue weighted by atomic mass is 35.5. The number of imidazole rings is 1. The lowest BCUT2D eigenvalue weighted by Gasteiger charge is -2.07. The molecule has 21 heavy (non-hydrogen) atoms. The molecule has 2 aromatic rings. The van der Waals surface area contributed by atoms with Gasteiger partial charge in [-0.3, -0.25) is 4.79 Å². The SMILES string of the molecule is CCCC1CC1n1c(SCC(=O)O)nc2cc(Cl)cnc21. The van der Waals surface area contributed by atoms with Gasteiger partial charge in [-0.25, -0.2) is 9.97 Å². The lowest BCUT2D eigenvalue weighted by Crippen LogP contribution is -2.03. The van der Waals surface area contributed by atoms with Gasteiger partial charge in [0.05, 0.1) is 10.8 Å². The summed E-state index contributed by atoms with van der Waals surface area (Å²) in [5.74, 6) is -0.193. The van der Waals surface area contributed by atoms with Crippen LogP contribution in [0.3, 0.4) is 0 Å². The number of carboxylic acid groups (broad SMARTS) is 1. The van der Waals surface area contributed by atoms with E-state index in [2.05, 4.69) is 21.5 Å². The number of fused-ring (bicyclic) bond motifs is 1. The number of hydrogen-bond donors (Lipinski definition) is 1. The molecule has 0 aromatic carbocycles. The molecule has 0 amide bonds. The molecule has 112 valence electrons. The number of nitrogens with zero attached hydrogens (tertiary/aromatic N) is 3. The fraction of sp³-hybridized carbons (Fsp3) is 0.500. The third-order valence-electron chi connectivity index (χ3n) is 3.67. The Labute approximate surface area is 131 Å². The minimum absolute atomic E-state index is 0.00220. The second-order valence-electron chi connectivity index (χ2n) is 5.29. The quantitative estimate of drug-likeness (QED) is 0.821. The fourth-order valence-corrected chi connectivity index (χ4v) is 3.62. The molecule has 2 atom stereocenters. The van der Waals surface area contributed by atoms with E-state index < -0.39 is 5.97 Å². The number of aromatic nitrogens is 3. The van der Waals surface area contributed by atoms with Gasteiger partial charge in [0.1, 0.15) is 5.52 Å². The normalized spacial score (nSPS) is 20.9. The molecule has 1 saturated carbocycles. The number of pyridine rings is 1. The molecule has 2 heterocycles. The van der Waals surface area contributed by atoms with Crippen LogP contribution in [0.25, 0.3) is 11.2 Å². The number of rotatable bonds is 6. The first-order valence-corrected chi connectivity index (χ1v) is 8.34. The largest absolute Gasteiger partial charge is 0.481 e. The van der Waals surface area contributed by atoms with Crippen molar-refractivity contribution < 1.29 is 9.90 Å². The van der Waals surface area contributed by atoms with Gasteiger partial charge in [0.25, 0.3) is 0 Å². The second-order valence-corrected chi connectivity index (χ2v) is 6.67. The molecule has 1 aliphatic carbocycles. The average molecular weight is 326 g/mol. The van der Waals surface area contributed by atoms with Gasteiger partial charge in [-0.15, -0.1) is 0 Å². The maximum absolute atomic E-state index is 10.8.